The van der Waals surface area contributed by atoms with Gasteiger partial charge in [0.05, 0.1) is 17.2 Å². The molecule has 7 heteroatoms. The number of aryl methyl sites for hydroxylation is 2. The Morgan fingerprint density at radius 3 is 2.43 bits per heavy atom. The topological polar surface area (TPSA) is 53.5 Å². The van der Waals surface area contributed by atoms with Crippen LogP contribution < -0.4 is 0 Å². The Morgan fingerprint density at radius 1 is 1.24 bits per heavy atom. The average Bonchev–Trinajstić information content (AvgIpc) is 2.77. The maximum Gasteiger partial charge on any atom is 0.282 e. The molecule has 1 aromatic heterocycles. The Kier molecular flexibility index (Phi) is 5.76. The minimum absolute atomic E-state index is 0.448. The van der Waals surface area contributed by atoms with Crippen molar-refractivity contribution < 1.29 is 8.42 Å². The zero-order valence-electron chi connectivity index (χ0n) is 13.1. The van der Waals surface area contributed by atoms with Crippen molar-refractivity contribution in [2.45, 2.75) is 53.0 Å². The van der Waals surface area contributed by atoms with Gasteiger partial charge < -0.3 is 0 Å². The van der Waals surface area contributed by atoms with Gasteiger partial charge in [-0.25, -0.2) is 4.98 Å². The number of nitrogens with zero attached hydrogens (tertiary/aromatic N) is 3. The molecule has 120 valence electrons. The molecule has 0 atom stereocenters. The molecule has 0 unspecified atom stereocenters. The van der Waals surface area contributed by atoms with Gasteiger partial charge in [-0.2, -0.15) is 17.0 Å². The van der Waals surface area contributed by atoms with Crippen LogP contribution in [0, 0.1) is 13.8 Å². The van der Waals surface area contributed by atoms with E-state index in [1.165, 1.54) is 0 Å². The van der Waals surface area contributed by atoms with Gasteiger partial charge in [-0.1, -0.05) is 13.3 Å². The standard InChI is InChI=1S/C14H25N3O2S2/c1-4-8-17(11-14-12(2)15-13(3)20-14)21(18,19)16-9-6-5-7-10-16/h4-11H2,1-3H3. The highest BCUT2D eigenvalue weighted by Gasteiger charge is 2.30. The van der Waals surface area contributed by atoms with Gasteiger partial charge in [0, 0.05) is 24.5 Å². The van der Waals surface area contributed by atoms with Gasteiger partial charge in [0.2, 0.25) is 0 Å². The van der Waals surface area contributed by atoms with E-state index in [0.717, 1.165) is 41.3 Å². The van der Waals surface area contributed by atoms with Gasteiger partial charge in [0.25, 0.3) is 10.2 Å². The first-order valence-corrected chi connectivity index (χ1v) is 9.84. The van der Waals surface area contributed by atoms with Gasteiger partial charge in [-0.15, -0.1) is 11.3 Å². The highest BCUT2D eigenvalue weighted by atomic mass is 32.2. The summed E-state index contributed by atoms with van der Waals surface area (Å²) in [6, 6.07) is 0. The minimum atomic E-state index is -3.35. The molecule has 0 aliphatic carbocycles. The predicted octanol–water partition coefficient (Wildman–Crippen LogP) is 2.70. The Labute approximate surface area is 132 Å². The van der Waals surface area contributed by atoms with Gasteiger partial charge in [-0.3, -0.25) is 0 Å². The molecule has 5 nitrogen and oxygen atoms in total. The third-order valence-electron chi connectivity index (χ3n) is 3.76. The quantitative estimate of drug-likeness (QED) is 0.805. The lowest BCUT2D eigenvalue weighted by Crippen LogP contribution is -2.45. The van der Waals surface area contributed by atoms with E-state index in [1.54, 1.807) is 19.9 Å². The van der Waals surface area contributed by atoms with Gasteiger partial charge in [0.15, 0.2) is 0 Å². The molecule has 0 saturated carbocycles. The summed E-state index contributed by atoms with van der Waals surface area (Å²) in [6.45, 7) is 8.26. The summed E-state index contributed by atoms with van der Waals surface area (Å²) in [5, 5.41) is 0.995. The van der Waals surface area contributed by atoms with Crippen LogP contribution in [-0.4, -0.2) is 41.6 Å². The van der Waals surface area contributed by atoms with Crippen LogP contribution >= 0.6 is 11.3 Å². The second-order valence-corrected chi connectivity index (χ2v) is 8.76. The third-order valence-corrected chi connectivity index (χ3v) is 6.80. The lowest BCUT2D eigenvalue weighted by atomic mass is 10.2. The normalized spacial score (nSPS) is 17.5. The van der Waals surface area contributed by atoms with Crippen LogP contribution in [0.15, 0.2) is 0 Å². The summed E-state index contributed by atoms with van der Waals surface area (Å²) < 4.78 is 28.9. The van der Waals surface area contributed by atoms with Gasteiger partial charge in [0.1, 0.15) is 0 Å². The molecule has 1 aromatic rings. The fraction of sp³-hybridized carbons (Fsp3) is 0.786. The van der Waals surface area contributed by atoms with Crippen LogP contribution in [-0.2, 0) is 16.8 Å². The van der Waals surface area contributed by atoms with Crippen molar-refractivity contribution in [3.05, 3.63) is 15.6 Å². The molecule has 21 heavy (non-hydrogen) atoms. The Hall–Kier alpha value is -0.500. The summed E-state index contributed by atoms with van der Waals surface area (Å²) in [7, 11) is -3.35. The first kappa shape index (κ1) is 16.9. The number of rotatable bonds is 6. The first-order chi connectivity index (χ1) is 9.95. The monoisotopic (exact) mass is 331 g/mol. The zero-order chi connectivity index (χ0) is 15.5. The summed E-state index contributed by atoms with van der Waals surface area (Å²) in [6.07, 6.45) is 3.90. The number of hydrogen-bond donors (Lipinski definition) is 0. The molecule has 0 radical (unpaired) electrons. The second-order valence-electron chi connectivity index (χ2n) is 5.54. The molecule has 1 aliphatic rings. The SMILES string of the molecule is CCCN(Cc1sc(C)nc1C)S(=O)(=O)N1CCCCC1. The number of hydrogen-bond acceptors (Lipinski definition) is 4. The van der Waals surface area contributed by atoms with E-state index in [0.29, 0.717) is 26.2 Å². The fourth-order valence-corrected chi connectivity index (χ4v) is 5.45. The van der Waals surface area contributed by atoms with Crippen LogP contribution in [0.25, 0.3) is 0 Å². The van der Waals surface area contributed by atoms with Crippen LogP contribution in [0.1, 0.15) is 48.2 Å². The summed E-state index contributed by atoms with van der Waals surface area (Å²) in [5.41, 5.74) is 0.951. The maximum absolute atomic E-state index is 12.8. The van der Waals surface area contributed by atoms with Crippen molar-refractivity contribution >= 4 is 21.5 Å². The molecule has 1 saturated heterocycles. The van der Waals surface area contributed by atoms with Crippen LogP contribution in [0.2, 0.25) is 0 Å². The smallest absolute Gasteiger partial charge is 0.247 e. The molecule has 2 heterocycles. The molecule has 0 bridgehead atoms. The van der Waals surface area contributed by atoms with Crippen molar-refractivity contribution in [1.29, 1.82) is 0 Å². The van der Waals surface area contributed by atoms with Crippen molar-refractivity contribution in [2.24, 2.45) is 0 Å². The van der Waals surface area contributed by atoms with Crippen molar-refractivity contribution in [3.8, 4) is 0 Å². The molecule has 1 aliphatic heterocycles. The highest BCUT2D eigenvalue weighted by Crippen LogP contribution is 2.23. The molecule has 0 amide bonds. The Balaban J connectivity index is 2.19. The average molecular weight is 332 g/mol. The van der Waals surface area contributed by atoms with Crippen LogP contribution in [0.4, 0.5) is 0 Å². The molecular formula is C14H25N3O2S2. The lowest BCUT2D eigenvalue weighted by molar-refractivity contribution is 0.300. The zero-order valence-corrected chi connectivity index (χ0v) is 14.8. The van der Waals surface area contributed by atoms with Crippen molar-refractivity contribution in [2.75, 3.05) is 19.6 Å². The van der Waals surface area contributed by atoms with Crippen LogP contribution in [0.5, 0.6) is 0 Å². The van der Waals surface area contributed by atoms with Gasteiger partial charge in [-0.05, 0) is 33.1 Å². The fourth-order valence-electron chi connectivity index (χ4n) is 2.66. The van der Waals surface area contributed by atoms with Crippen molar-refractivity contribution in [1.82, 2.24) is 13.6 Å². The second kappa shape index (κ2) is 7.17. The predicted molar refractivity (Wildman–Crippen MR) is 86.6 cm³/mol. The van der Waals surface area contributed by atoms with E-state index in [2.05, 4.69) is 4.98 Å². The molecule has 0 spiro atoms. The van der Waals surface area contributed by atoms with Crippen LogP contribution in [0.3, 0.4) is 0 Å². The molecule has 1 fully saturated rings. The number of thiazole rings is 1. The van der Waals surface area contributed by atoms with E-state index in [9.17, 15) is 8.42 Å². The number of aromatic nitrogens is 1. The first-order valence-electron chi connectivity index (χ1n) is 7.63. The van der Waals surface area contributed by atoms with E-state index in [-0.39, 0.29) is 0 Å². The molecule has 0 N–H and O–H groups in total. The minimum Gasteiger partial charge on any atom is -0.247 e. The van der Waals surface area contributed by atoms with E-state index in [4.69, 9.17) is 0 Å². The lowest BCUT2D eigenvalue weighted by Gasteiger charge is -2.31. The highest BCUT2D eigenvalue weighted by molar-refractivity contribution is 7.86. The van der Waals surface area contributed by atoms with E-state index in [1.807, 2.05) is 20.8 Å². The molecule has 2 rings (SSSR count). The van der Waals surface area contributed by atoms with E-state index >= 15 is 0 Å². The largest absolute Gasteiger partial charge is 0.282 e. The van der Waals surface area contributed by atoms with Gasteiger partial charge >= 0.3 is 0 Å². The Bertz CT molecular complexity index is 563. The molecule has 0 aromatic carbocycles. The summed E-state index contributed by atoms with van der Waals surface area (Å²) in [4.78, 5) is 5.46. The third kappa shape index (κ3) is 4.03. The van der Waals surface area contributed by atoms with E-state index < -0.39 is 10.2 Å². The Morgan fingerprint density at radius 2 is 1.90 bits per heavy atom. The summed E-state index contributed by atoms with van der Waals surface area (Å²) in [5.74, 6) is 0. The maximum atomic E-state index is 12.8. The molecular weight excluding hydrogens is 306 g/mol. The summed E-state index contributed by atoms with van der Waals surface area (Å²) >= 11 is 1.60. The number of piperidine rings is 1. The van der Waals surface area contributed by atoms with Crippen molar-refractivity contribution in [3.63, 3.8) is 0 Å².